The smallest absolute Gasteiger partial charge is 0.226 e. The molecule has 1 aromatic carbocycles. The van der Waals surface area contributed by atoms with Gasteiger partial charge in [0.2, 0.25) is 5.91 Å². The van der Waals surface area contributed by atoms with Crippen LogP contribution in [0.4, 0.5) is 5.69 Å². The summed E-state index contributed by atoms with van der Waals surface area (Å²) in [4.78, 5) is 17.1. The van der Waals surface area contributed by atoms with Crippen LogP contribution in [0.5, 0.6) is 0 Å². The Bertz CT molecular complexity index is 567. The van der Waals surface area contributed by atoms with Crippen molar-refractivity contribution in [3.63, 3.8) is 0 Å². The minimum atomic E-state index is 0. The highest BCUT2D eigenvalue weighted by Gasteiger charge is 2.33. The number of hydrogen-bond acceptors (Lipinski definition) is 4. The van der Waals surface area contributed by atoms with E-state index in [2.05, 4.69) is 29.2 Å². The van der Waals surface area contributed by atoms with Gasteiger partial charge >= 0.3 is 0 Å². The second-order valence-corrected chi connectivity index (χ2v) is 6.96. The van der Waals surface area contributed by atoms with Crippen molar-refractivity contribution in [3.8, 4) is 0 Å². The number of benzene rings is 1. The molecule has 1 saturated carbocycles. The Morgan fingerprint density at radius 2 is 1.92 bits per heavy atom. The predicted octanol–water partition coefficient (Wildman–Crippen LogP) is 2.70. The summed E-state index contributed by atoms with van der Waals surface area (Å²) in [7, 11) is 1.92. The third kappa shape index (κ3) is 5.26. The topological polar surface area (TPSA) is 58.8 Å². The molecule has 2 atom stereocenters. The lowest BCUT2D eigenvalue weighted by Crippen LogP contribution is -2.38. The zero-order valence-electron chi connectivity index (χ0n) is 15.4. The Morgan fingerprint density at radius 3 is 2.62 bits per heavy atom. The van der Waals surface area contributed by atoms with Crippen molar-refractivity contribution in [1.82, 2.24) is 4.90 Å². The molecule has 0 radical (unpaired) electrons. The molecule has 0 aromatic heterocycles. The van der Waals surface area contributed by atoms with Gasteiger partial charge in [0.1, 0.15) is 0 Å². The highest BCUT2D eigenvalue weighted by atomic mass is 35.5. The van der Waals surface area contributed by atoms with E-state index in [1.165, 1.54) is 11.3 Å². The molecule has 3 rings (SSSR count). The molecular weight excluding hydrogens is 373 g/mol. The fourth-order valence-electron chi connectivity index (χ4n) is 4.02. The molecule has 7 heteroatoms. The second kappa shape index (κ2) is 11.0. The summed E-state index contributed by atoms with van der Waals surface area (Å²) in [5.41, 5.74) is 8.28. The standard InChI is InChI=1S/C19H29N3O2.2ClH/c1-21(19(23)17-7-4-6-15(17)13-20)14-16-5-2-3-8-18(16)22-9-11-24-12-10-22;;/h2-3,5,8,15,17H,4,6-7,9-14,20H2,1H3;2*1H/t15-,17-;;/m1../s1. The third-order valence-electron chi connectivity index (χ3n) is 5.41. The molecule has 0 bridgehead atoms. The van der Waals surface area contributed by atoms with Crippen LogP contribution in [-0.2, 0) is 16.1 Å². The maximum absolute atomic E-state index is 12.8. The Hall–Kier alpha value is -1.01. The first-order valence-corrected chi connectivity index (χ1v) is 9.06. The zero-order valence-corrected chi connectivity index (χ0v) is 17.1. The molecule has 1 aliphatic heterocycles. The van der Waals surface area contributed by atoms with E-state index < -0.39 is 0 Å². The summed E-state index contributed by atoms with van der Waals surface area (Å²) in [6.07, 6.45) is 3.19. The first-order valence-electron chi connectivity index (χ1n) is 9.06. The van der Waals surface area contributed by atoms with Gasteiger partial charge in [-0.3, -0.25) is 4.79 Å². The van der Waals surface area contributed by atoms with Crippen LogP contribution in [0, 0.1) is 11.8 Å². The van der Waals surface area contributed by atoms with Gasteiger partial charge in [-0.25, -0.2) is 0 Å². The van der Waals surface area contributed by atoms with Gasteiger partial charge in [0.05, 0.1) is 13.2 Å². The van der Waals surface area contributed by atoms with Gasteiger partial charge in [-0.1, -0.05) is 24.6 Å². The van der Waals surface area contributed by atoms with Gasteiger partial charge < -0.3 is 20.3 Å². The molecule has 1 heterocycles. The number of carbonyl (C=O) groups excluding carboxylic acids is 1. The Balaban J connectivity index is 0.00000169. The van der Waals surface area contributed by atoms with Crippen molar-refractivity contribution in [1.29, 1.82) is 0 Å². The van der Waals surface area contributed by atoms with Crippen LogP contribution in [-0.4, -0.2) is 50.7 Å². The van der Waals surface area contributed by atoms with E-state index in [0.717, 1.165) is 45.6 Å². The average molecular weight is 404 g/mol. The highest BCUT2D eigenvalue weighted by Crippen LogP contribution is 2.33. The van der Waals surface area contributed by atoms with Crippen LogP contribution in [0.3, 0.4) is 0 Å². The number of nitrogens with zero attached hydrogens (tertiary/aromatic N) is 2. The number of hydrogen-bond donors (Lipinski definition) is 1. The zero-order chi connectivity index (χ0) is 16.9. The molecule has 148 valence electrons. The van der Waals surface area contributed by atoms with Crippen molar-refractivity contribution < 1.29 is 9.53 Å². The predicted molar refractivity (Wildman–Crippen MR) is 110 cm³/mol. The Kier molecular flexibility index (Phi) is 9.72. The second-order valence-electron chi connectivity index (χ2n) is 6.96. The van der Waals surface area contributed by atoms with E-state index in [0.29, 0.717) is 19.0 Å². The van der Waals surface area contributed by atoms with Crippen molar-refractivity contribution in [2.75, 3.05) is 44.8 Å². The fourth-order valence-corrected chi connectivity index (χ4v) is 4.02. The molecule has 1 amide bonds. The van der Waals surface area contributed by atoms with E-state index in [1.54, 1.807) is 0 Å². The molecular formula is C19H31Cl2N3O2. The Labute approximate surface area is 169 Å². The summed E-state index contributed by atoms with van der Waals surface area (Å²) in [6.45, 7) is 4.63. The van der Waals surface area contributed by atoms with E-state index in [9.17, 15) is 4.79 Å². The van der Waals surface area contributed by atoms with Gasteiger partial charge in [0, 0.05) is 38.3 Å². The number of nitrogens with two attached hydrogens (primary N) is 1. The minimum Gasteiger partial charge on any atom is -0.378 e. The van der Waals surface area contributed by atoms with Crippen molar-refractivity contribution >= 4 is 36.4 Å². The van der Waals surface area contributed by atoms with E-state index in [1.807, 2.05) is 11.9 Å². The molecule has 1 aromatic rings. The molecule has 2 N–H and O–H groups in total. The van der Waals surface area contributed by atoms with Crippen molar-refractivity contribution in [2.45, 2.75) is 25.8 Å². The van der Waals surface area contributed by atoms with Gasteiger partial charge in [-0.15, -0.1) is 24.8 Å². The van der Waals surface area contributed by atoms with Crippen LogP contribution in [0.25, 0.3) is 0 Å². The number of rotatable bonds is 5. The molecule has 26 heavy (non-hydrogen) atoms. The lowest BCUT2D eigenvalue weighted by molar-refractivity contribution is -0.135. The number of para-hydroxylation sites is 1. The first kappa shape index (κ1) is 23.0. The number of amides is 1. The number of ether oxygens (including phenoxy) is 1. The van der Waals surface area contributed by atoms with Crippen LogP contribution in [0.1, 0.15) is 24.8 Å². The molecule has 5 nitrogen and oxygen atoms in total. The Morgan fingerprint density at radius 1 is 1.23 bits per heavy atom. The molecule has 1 saturated heterocycles. The van der Waals surface area contributed by atoms with Crippen LogP contribution in [0.15, 0.2) is 24.3 Å². The number of halogens is 2. The summed E-state index contributed by atoms with van der Waals surface area (Å²) in [5.74, 6) is 0.713. The van der Waals surface area contributed by atoms with E-state index in [-0.39, 0.29) is 36.6 Å². The van der Waals surface area contributed by atoms with Gasteiger partial charge in [-0.2, -0.15) is 0 Å². The van der Waals surface area contributed by atoms with Crippen molar-refractivity contribution in [2.24, 2.45) is 17.6 Å². The SMILES string of the molecule is CN(Cc1ccccc1N1CCOCC1)C(=O)[C@@H]1CCC[C@@H]1CN.Cl.Cl. The molecule has 2 fully saturated rings. The van der Waals surface area contributed by atoms with E-state index >= 15 is 0 Å². The summed E-state index contributed by atoms with van der Waals surface area (Å²) in [5, 5.41) is 0. The number of anilines is 1. The maximum Gasteiger partial charge on any atom is 0.226 e. The quantitative estimate of drug-likeness (QED) is 0.820. The number of morpholine rings is 1. The summed E-state index contributed by atoms with van der Waals surface area (Å²) >= 11 is 0. The third-order valence-corrected chi connectivity index (χ3v) is 5.41. The van der Waals surface area contributed by atoms with Crippen LogP contribution in [0.2, 0.25) is 0 Å². The summed E-state index contributed by atoms with van der Waals surface area (Å²) in [6, 6.07) is 8.40. The molecule has 1 aliphatic carbocycles. The van der Waals surface area contributed by atoms with Gasteiger partial charge in [-0.05, 0) is 36.9 Å². The first-order chi connectivity index (χ1) is 11.7. The lowest BCUT2D eigenvalue weighted by atomic mass is 9.94. The largest absolute Gasteiger partial charge is 0.378 e. The van der Waals surface area contributed by atoms with Crippen molar-refractivity contribution in [3.05, 3.63) is 29.8 Å². The summed E-state index contributed by atoms with van der Waals surface area (Å²) < 4.78 is 5.45. The lowest BCUT2D eigenvalue weighted by Gasteiger charge is -2.32. The van der Waals surface area contributed by atoms with Crippen LogP contribution < -0.4 is 10.6 Å². The minimum absolute atomic E-state index is 0. The fraction of sp³-hybridized carbons (Fsp3) is 0.632. The van der Waals surface area contributed by atoms with Gasteiger partial charge in [0.25, 0.3) is 0 Å². The molecule has 2 aliphatic rings. The van der Waals surface area contributed by atoms with Crippen LogP contribution >= 0.6 is 24.8 Å². The highest BCUT2D eigenvalue weighted by molar-refractivity contribution is 5.85. The number of carbonyl (C=O) groups is 1. The monoisotopic (exact) mass is 403 g/mol. The molecule has 0 unspecified atom stereocenters. The van der Waals surface area contributed by atoms with Gasteiger partial charge in [0.15, 0.2) is 0 Å². The average Bonchev–Trinajstić information content (AvgIpc) is 3.11. The normalized spacial score (nSPS) is 22.3. The van der Waals surface area contributed by atoms with E-state index in [4.69, 9.17) is 10.5 Å². The maximum atomic E-state index is 12.8. The molecule has 0 spiro atoms.